The molecule has 3 heteroatoms. The highest BCUT2D eigenvalue weighted by Crippen LogP contribution is 2.35. The summed E-state index contributed by atoms with van der Waals surface area (Å²) in [6, 6.07) is 9.89. The molecule has 2 rings (SSSR count). The molecule has 0 amide bonds. The van der Waals surface area contributed by atoms with Gasteiger partial charge in [0.05, 0.1) is 11.9 Å². The lowest BCUT2D eigenvalue weighted by Gasteiger charge is -2.32. The Hall–Kier alpha value is -1.58. The Morgan fingerprint density at radius 1 is 1.16 bits per heavy atom. The minimum Gasteiger partial charge on any atom is -0.512 e. The molecule has 3 nitrogen and oxygen atoms in total. The average Bonchev–Trinajstić information content (AvgIpc) is 2.39. The number of allylic oxidation sites excluding steroid dienone is 2. The van der Waals surface area contributed by atoms with Gasteiger partial charge in [-0.25, -0.2) is 0 Å². The van der Waals surface area contributed by atoms with Crippen LogP contribution in [0.25, 0.3) is 0 Å². The molecular weight excluding hydrogens is 240 g/mol. The first-order valence-corrected chi connectivity index (χ1v) is 6.50. The molecule has 0 saturated carbocycles. The number of hydrogen-bond donors (Lipinski definition) is 3. The molecule has 0 bridgehead atoms. The Bertz CT molecular complexity index is 502. The Morgan fingerprint density at radius 3 is 2.32 bits per heavy atom. The molecule has 1 aromatic rings. The van der Waals surface area contributed by atoms with Gasteiger partial charge in [0.1, 0.15) is 5.60 Å². The van der Waals surface area contributed by atoms with Gasteiger partial charge in [-0.15, -0.1) is 0 Å². The van der Waals surface area contributed by atoms with Crippen LogP contribution >= 0.6 is 0 Å². The van der Waals surface area contributed by atoms with Crippen molar-refractivity contribution in [3.05, 3.63) is 59.4 Å². The molecular formula is C16H20O3. The van der Waals surface area contributed by atoms with Crippen molar-refractivity contribution in [1.82, 2.24) is 0 Å². The quantitative estimate of drug-likeness (QED) is 0.783. The lowest BCUT2D eigenvalue weighted by molar-refractivity contribution is -0.0359. The number of benzene rings is 1. The van der Waals surface area contributed by atoms with E-state index in [1.807, 2.05) is 37.3 Å². The van der Waals surface area contributed by atoms with E-state index in [2.05, 4.69) is 0 Å². The zero-order chi connectivity index (χ0) is 14.0. The summed E-state index contributed by atoms with van der Waals surface area (Å²) in [6.45, 7) is 3.53. The summed E-state index contributed by atoms with van der Waals surface area (Å²) in [5.74, 6) is 0.193. The van der Waals surface area contributed by atoms with Crippen molar-refractivity contribution in [3.63, 3.8) is 0 Å². The predicted octanol–water partition coefficient (Wildman–Crippen LogP) is 2.67. The van der Waals surface area contributed by atoms with Gasteiger partial charge < -0.3 is 15.3 Å². The number of aliphatic hydroxyl groups is 3. The number of rotatable bonds is 3. The minimum absolute atomic E-state index is 0.0493. The highest BCUT2D eigenvalue weighted by molar-refractivity contribution is 5.40. The van der Waals surface area contributed by atoms with Crippen LogP contribution in [0.5, 0.6) is 0 Å². The second-order valence-corrected chi connectivity index (χ2v) is 5.21. The molecule has 0 spiro atoms. The van der Waals surface area contributed by atoms with Crippen LogP contribution < -0.4 is 0 Å². The highest BCUT2D eigenvalue weighted by atomic mass is 16.3. The van der Waals surface area contributed by atoms with Crippen LogP contribution in [-0.2, 0) is 0 Å². The molecule has 3 unspecified atom stereocenters. The van der Waals surface area contributed by atoms with Gasteiger partial charge >= 0.3 is 0 Å². The first-order chi connectivity index (χ1) is 8.94. The molecule has 3 N–H and O–H groups in total. The second-order valence-electron chi connectivity index (χ2n) is 5.21. The van der Waals surface area contributed by atoms with Gasteiger partial charge in [-0.1, -0.05) is 43.3 Å². The van der Waals surface area contributed by atoms with Crippen molar-refractivity contribution in [3.8, 4) is 0 Å². The molecule has 1 aliphatic carbocycles. The average molecular weight is 260 g/mol. The van der Waals surface area contributed by atoms with Gasteiger partial charge in [-0.2, -0.15) is 0 Å². The predicted molar refractivity (Wildman–Crippen MR) is 74.9 cm³/mol. The van der Waals surface area contributed by atoms with Gasteiger partial charge in [0, 0.05) is 12.3 Å². The fraction of sp³-hybridized carbons (Fsp3) is 0.375. The van der Waals surface area contributed by atoms with E-state index < -0.39 is 11.7 Å². The van der Waals surface area contributed by atoms with Gasteiger partial charge in [-0.05, 0) is 24.1 Å². The Kier molecular flexibility index (Phi) is 3.78. The molecule has 1 aliphatic rings. The standard InChI is InChI=1S/C16H20O3/c1-11(13-6-4-3-5-7-13)14-8-9-16(19,12(2)17)10-15(14)18/h3-9,11-12,17-19H,10H2,1-2H3. The van der Waals surface area contributed by atoms with Crippen molar-refractivity contribution in [2.45, 2.75) is 37.9 Å². The summed E-state index contributed by atoms with van der Waals surface area (Å²) in [5, 5.41) is 29.9. The smallest absolute Gasteiger partial charge is 0.116 e. The fourth-order valence-electron chi connectivity index (χ4n) is 2.36. The van der Waals surface area contributed by atoms with Gasteiger partial charge in [0.25, 0.3) is 0 Å². The third kappa shape index (κ3) is 2.72. The zero-order valence-corrected chi connectivity index (χ0v) is 11.2. The van der Waals surface area contributed by atoms with Crippen LogP contribution in [0.1, 0.15) is 31.7 Å². The van der Waals surface area contributed by atoms with Crippen LogP contribution in [0.3, 0.4) is 0 Å². The molecule has 0 saturated heterocycles. The monoisotopic (exact) mass is 260 g/mol. The van der Waals surface area contributed by atoms with Crippen LogP contribution in [0.15, 0.2) is 53.8 Å². The summed E-state index contributed by atoms with van der Waals surface area (Å²) < 4.78 is 0. The second kappa shape index (κ2) is 5.19. The minimum atomic E-state index is -1.37. The van der Waals surface area contributed by atoms with E-state index in [0.717, 1.165) is 11.1 Å². The first kappa shape index (κ1) is 13.8. The van der Waals surface area contributed by atoms with E-state index in [1.54, 1.807) is 12.2 Å². The summed E-state index contributed by atoms with van der Waals surface area (Å²) in [5.41, 5.74) is 0.525. The number of aliphatic hydroxyl groups excluding tert-OH is 2. The number of hydrogen-bond acceptors (Lipinski definition) is 3. The summed E-state index contributed by atoms with van der Waals surface area (Å²) in [7, 11) is 0. The largest absolute Gasteiger partial charge is 0.512 e. The van der Waals surface area contributed by atoms with Crippen molar-refractivity contribution < 1.29 is 15.3 Å². The van der Waals surface area contributed by atoms with Crippen molar-refractivity contribution in [1.29, 1.82) is 0 Å². The summed E-state index contributed by atoms with van der Waals surface area (Å²) in [4.78, 5) is 0. The van der Waals surface area contributed by atoms with Gasteiger partial charge in [0.15, 0.2) is 0 Å². The van der Waals surface area contributed by atoms with Crippen LogP contribution in [0, 0.1) is 0 Å². The zero-order valence-electron chi connectivity index (χ0n) is 11.2. The van der Waals surface area contributed by atoms with Crippen molar-refractivity contribution in [2.75, 3.05) is 0 Å². The normalized spacial score (nSPS) is 26.3. The molecule has 19 heavy (non-hydrogen) atoms. The Morgan fingerprint density at radius 2 is 1.79 bits per heavy atom. The molecule has 0 heterocycles. The molecule has 102 valence electrons. The summed E-state index contributed by atoms with van der Waals surface area (Å²) in [6.07, 6.45) is 2.42. The molecule has 1 aromatic carbocycles. The molecule has 0 radical (unpaired) electrons. The SMILES string of the molecule is CC(C1=C(O)CC(O)(C(C)O)C=C1)c1ccccc1. The van der Waals surface area contributed by atoms with E-state index in [0.29, 0.717) is 0 Å². The van der Waals surface area contributed by atoms with Crippen molar-refractivity contribution in [2.24, 2.45) is 0 Å². The third-order valence-corrected chi connectivity index (χ3v) is 3.82. The van der Waals surface area contributed by atoms with E-state index in [-0.39, 0.29) is 18.1 Å². The molecule has 3 atom stereocenters. The maximum atomic E-state index is 10.2. The highest BCUT2D eigenvalue weighted by Gasteiger charge is 2.35. The molecule has 0 aliphatic heterocycles. The fourth-order valence-corrected chi connectivity index (χ4v) is 2.36. The summed E-state index contributed by atoms with van der Waals surface area (Å²) >= 11 is 0. The van der Waals surface area contributed by atoms with Gasteiger partial charge in [-0.3, -0.25) is 0 Å². The Labute approximate surface area is 113 Å². The van der Waals surface area contributed by atoms with Crippen molar-refractivity contribution >= 4 is 0 Å². The van der Waals surface area contributed by atoms with E-state index in [9.17, 15) is 15.3 Å². The Balaban J connectivity index is 2.26. The maximum absolute atomic E-state index is 10.2. The van der Waals surface area contributed by atoms with E-state index in [1.165, 1.54) is 6.92 Å². The van der Waals surface area contributed by atoms with Gasteiger partial charge in [0.2, 0.25) is 0 Å². The molecule has 0 aromatic heterocycles. The lowest BCUT2D eigenvalue weighted by Crippen LogP contribution is -2.40. The van der Waals surface area contributed by atoms with E-state index in [4.69, 9.17) is 0 Å². The van der Waals surface area contributed by atoms with E-state index >= 15 is 0 Å². The van der Waals surface area contributed by atoms with Crippen LogP contribution in [-0.4, -0.2) is 27.0 Å². The topological polar surface area (TPSA) is 60.7 Å². The first-order valence-electron chi connectivity index (χ1n) is 6.50. The van der Waals surface area contributed by atoms with Crippen LogP contribution in [0.4, 0.5) is 0 Å². The lowest BCUT2D eigenvalue weighted by atomic mass is 9.81. The molecule has 0 fully saturated rings. The third-order valence-electron chi connectivity index (χ3n) is 3.82. The maximum Gasteiger partial charge on any atom is 0.116 e. The van der Waals surface area contributed by atoms with Crippen LogP contribution in [0.2, 0.25) is 0 Å².